The number of carboxylic acid groups (broad SMARTS) is 1. The van der Waals surface area contributed by atoms with Crippen LogP contribution in [-0.2, 0) is 11.2 Å². The summed E-state index contributed by atoms with van der Waals surface area (Å²) in [6, 6.07) is 11.9. The van der Waals surface area contributed by atoms with Gasteiger partial charge < -0.3 is 5.11 Å². The van der Waals surface area contributed by atoms with Gasteiger partial charge in [-0.3, -0.25) is 9.78 Å². The first-order valence-electron chi connectivity index (χ1n) is 8.65. The Labute approximate surface area is 151 Å². The fourth-order valence-corrected chi connectivity index (χ4v) is 3.30. The summed E-state index contributed by atoms with van der Waals surface area (Å²) in [6.45, 7) is 1.98. The predicted octanol–water partition coefficient (Wildman–Crippen LogP) is 3.09. The Bertz CT molecular complexity index is 836. The third-order valence-electron chi connectivity index (χ3n) is 4.54. The maximum absolute atomic E-state index is 11.9. The molecule has 0 spiro atoms. The molecule has 2 atom stereocenters. The molecule has 0 saturated heterocycles. The first-order chi connectivity index (χ1) is 12.7. The zero-order chi connectivity index (χ0) is 18.4. The molecule has 0 aliphatic rings. The van der Waals surface area contributed by atoms with Crippen molar-refractivity contribution >= 4 is 5.97 Å². The molecule has 0 fully saturated rings. The van der Waals surface area contributed by atoms with Crippen LogP contribution in [0.2, 0.25) is 0 Å². The monoisotopic (exact) mass is 351 g/mol. The molecule has 2 N–H and O–H groups in total. The molecule has 134 valence electrons. The average molecular weight is 351 g/mol. The number of nitrogens with zero attached hydrogens (tertiary/aromatic N) is 4. The number of pyridine rings is 1. The summed E-state index contributed by atoms with van der Waals surface area (Å²) in [6.07, 6.45) is 5.36. The zero-order valence-corrected chi connectivity index (χ0v) is 14.5. The summed E-state index contributed by atoms with van der Waals surface area (Å²) in [5.74, 6) is -1.31. The molecule has 0 unspecified atom stereocenters. The third-order valence-corrected chi connectivity index (χ3v) is 4.54. The smallest absolute Gasteiger partial charge is 0.307 e. The molecular formula is C19H21N5O2. The van der Waals surface area contributed by atoms with E-state index in [9.17, 15) is 9.90 Å². The second kappa shape index (κ2) is 8.33. The minimum Gasteiger partial charge on any atom is -0.481 e. The van der Waals surface area contributed by atoms with E-state index in [1.165, 1.54) is 0 Å². The van der Waals surface area contributed by atoms with Crippen molar-refractivity contribution in [1.29, 1.82) is 0 Å². The van der Waals surface area contributed by atoms with Crippen LogP contribution in [0.15, 0.2) is 48.8 Å². The molecule has 7 nitrogen and oxygen atoms in total. The van der Waals surface area contributed by atoms with E-state index in [1.54, 1.807) is 12.4 Å². The van der Waals surface area contributed by atoms with Gasteiger partial charge in [0.2, 0.25) is 0 Å². The minimum atomic E-state index is -0.831. The van der Waals surface area contributed by atoms with E-state index in [0.29, 0.717) is 18.7 Å². The van der Waals surface area contributed by atoms with Crippen molar-refractivity contribution < 1.29 is 9.90 Å². The molecule has 2 aromatic heterocycles. The summed E-state index contributed by atoms with van der Waals surface area (Å²) in [5.41, 5.74) is 3.16. The number of aliphatic carboxylic acids is 1. The van der Waals surface area contributed by atoms with E-state index in [1.807, 2.05) is 43.3 Å². The lowest BCUT2D eigenvalue weighted by molar-refractivity contribution is -0.142. The molecule has 0 aliphatic heterocycles. The van der Waals surface area contributed by atoms with Crippen LogP contribution in [0.3, 0.4) is 0 Å². The maximum Gasteiger partial charge on any atom is 0.307 e. The van der Waals surface area contributed by atoms with E-state index in [-0.39, 0.29) is 5.92 Å². The lowest BCUT2D eigenvalue weighted by Crippen LogP contribution is -2.25. The Hall–Kier alpha value is -3.09. The van der Waals surface area contributed by atoms with Crippen molar-refractivity contribution in [3.05, 3.63) is 60.2 Å². The largest absolute Gasteiger partial charge is 0.481 e. The number of tetrazole rings is 1. The molecule has 2 heterocycles. The lowest BCUT2D eigenvalue weighted by atomic mass is 9.82. The van der Waals surface area contributed by atoms with Gasteiger partial charge in [0.25, 0.3) is 0 Å². The Morgan fingerprint density at radius 1 is 1.19 bits per heavy atom. The van der Waals surface area contributed by atoms with E-state index in [4.69, 9.17) is 0 Å². The van der Waals surface area contributed by atoms with Crippen molar-refractivity contribution in [2.45, 2.75) is 32.1 Å². The number of nitrogens with one attached hydrogen (secondary N) is 1. The number of benzene rings is 1. The number of rotatable bonds is 8. The first-order valence-corrected chi connectivity index (χ1v) is 8.65. The molecule has 0 bridgehead atoms. The van der Waals surface area contributed by atoms with Gasteiger partial charge in [-0.1, -0.05) is 42.8 Å². The van der Waals surface area contributed by atoms with E-state index in [2.05, 4.69) is 25.6 Å². The molecule has 1 aromatic carbocycles. The molecule has 3 aromatic rings. The number of carbonyl (C=O) groups is 1. The lowest BCUT2D eigenvalue weighted by Gasteiger charge is -2.22. The van der Waals surface area contributed by atoms with Crippen LogP contribution >= 0.6 is 0 Å². The van der Waals surface area contributed by atoms with Gasteiger partial charge in [0.1, 0.15) is 0 Å². The molecule has 0 radical (unpaired) electrons. The van der Waals surface area contributed by atoms with Crippen LogP contribution < -0.4 is 0 Å². The molecular weight excluding hydrogens is 330 g/mol. The number of carboxylic acids is 1. The highest BCUT2D eigenvalue weighted by Crippen LogP contribution is 2.33. The van der Waals surface area contributed by atoms with Crippen molar-refractivity contribution in [1.82, 2.24) is 25.6 Å². The predicted molar refractivity (Wildman–Crippen MR) is 96.3 cm³/mol. The fraction of sp³-hybridized carbons (Fsp3) is 0.316. The Morgan fingerprint density at radius 2 is 1.96 bits per heavy atom. The van der Waals surface area contributed by atoms with Gasteiger partial charge in [-0.2, -0.15) is 5.21 Å². The van der Waals surface area contributed by atoms with Gasteiger partial charge >= 0.3 is 5.97 Å². The summed E-state index contributed by atoms with van der Waals surface area (Å²) in [4.78, 5) is 15.9. The van der Waals surface area contributed by atoms with Gasteiger partial charge in [0.15, 0.2) is 5.82 Å². The molecule has 7 heteroatoms. The van der Waals surface area contributed by atoms with E-state index >= 15 is 0 Å². The summed E-state index contributed by atoms with van der Waals surface area (Å²) >= 11 is 0. The van der Waals surface area contributed by atoms with E-state index in [0.717, 1.165) is 23.1 Å². The molecule has 0 aliphatic carbocycles. The van der Waals surface area contributed by atoms with Gasteiger partial charge in [-0.05, 0) is 41.7 Å². The normalized spacial score (nSPS) is 13.3. The Kier molecular flexibility index (Phi) is 5.68. The van der Waals surface area contributed by atoms with Crippen molar-refractivity contribution in [2.24, 2.45) is 5.92 Å². The van der Waals surface area contributed by atoms with Crippen LogP contribution in [0, 0.1) is 5.92 Å². The van der Waals surface area contributed by atoms with Gasteiger partial charge in [-0.15, -0.1) is 10.2 Å². The highest BCUT2D eigenvalue weighted by molar-refractivity contribution is 5.72. The SMILES string of the molecule is CCC[C@H](C(=O)O)[C@H](Cc1ccccc1-c1ccncc1)c1nn[nH]n1. The summed E-state index contributed by atoms with van der Waals surface area (Å²) < 4.78 is 0. The van der Waals surface area contributed by atoms with Crippen LogP contribution in [0.4, 0.5) is 0 Å². The summed E-state index contributed by atoms with van der Waals surface area (Å²) in [5, 5.41) is 24.0. The first kappa shape index (κ1) is 17.7. The molecule has 0 saturated carbocycles. The van der Waals surface area contributed by atoms with Crippen molar-refractivity contribution in [2.75, 3.05) is 0 Å². The van der Waals surface area contributed by atoms with Crippen LogP contribution in [0.5, 0.6) is 0 Å². The highest BCUT2D eigenvalue weighted by Gasteiger charge is 2.32. The second-order valence-electron chi connectivity index (χ2n) is 6.21. The van der Waals surface area contributed by atoms with Crippen molar-refractivity contribution in [3.8, 4) is 11.1 Å². The van der Waals surface area contributed by atoms with Crippen molar-refractivity contribution in [3.63, 3.8) is 0 Å². The average Bonchev–Trinajstić information content (AvgIpc) is 3.20. The van der Waals surface area contributed by atoms with Gasteiger partial charge in [0, 0.05) is 18.3 Å². The third kappa shape index (κ3) is 3.93. The van der Waals surface area contributed by atoms with E-state index < -0.39 is 11.9 Å². The van der Waals surface area contributed by atoms with Crippen LogP contribution in [0.25, 0.3) is 11.1 Å². The second-order valence-corrected chi connectivity index (χ2v) is 6.21. The highest BCUT2D eigenvalue weighted by atomic mass is 16.4. The Morgan fingerprint density at radius 3 is 2.62 bits per heavy atom. The number of hydrogen-bond acceptors (Lipinski definition) is 5. The number of aromatic amines is 1. The van der Waals surface area contributed by atoms with Gasteiger partial charge in [0.05, 0.1) is 5.92 Å². The molecule has 0 amide bonds. The quantitative estimate of drug-likeness (QED) is 0.646. The van der Waals surface area contributed by atoms with Crippen LogP contribution in [0.1, 0.15) is 37.1 Å². The topological polar surface area (TPSA) is 105 Å². The van der Waals surface area contributed by atoms with Crippen LogP contribution in [-0.4, -0.2) is 36.7 Å². The molecule has 3 rings (SSSR count). The maximum atomic E-state index is 11.9. The number of aromatic nitrogens is 5. The fourth-order valence-electron chi connectivity index (χ4n) is 3.30. The Balaban J connectivity index is 1.99. The summed E-state index contributed by atoms with van der Waals surface area (Å²) in [7, 11) is 0. The standard InChI is InChI=1S/C19H21N5O2/c1-2-5-16(19(25)26)17(18-21-23-24-22-18)12-14-6-3-4-7-15(14)13-8-10-20-11-9-13/h3-4,6-11,16-17H,2,5,12H2,1H3,(H,25,26)(H,21,22,23,24)/t16-,17-/m0/s1. The molecule has 26 heavy (non-hydrogen) atoms. The minimum absolute atomic E-state index is 0.353. The zero-order valence-electron chi connectivity index (χ0n) is 14.5. The number of hydrogen-bond donors (Lipinski definition) is 2. The number of H-pyrrole nitrogens is 1. The van der Waals surface area contributed by atoms with Gasteiger partial charge in [-0.25, -0.2) is 0 Å².